The molecule has 6 nitrogen and oxygen atoms in total. The zero-order valence-electron chi connectivity index (χ0n) is 18.7. The van der Waals surface area contributed by atoms with Crippen molar-refractivity contribution in [1.29, 1.82) is 0 Å². The molecule has 0 fully saturated rings. The molecule has 0 unspecified atom stereocenters. The zero-order valence-corrected chi connectivity index (χ0v) is 19.5. The zero-order chi connectivity index (χ0) is 21.8. The van der Waals surface area contributed by atoms with Crippen molar-refractivity contribution in [3.8, 4) is 11.5 Å². The van der Waals surface area contributed by atoms with E-state index in [4.69, 9.17) is 24.5 Å². The van der Waals surface area contributed by atoms with Gasteiger partial charge in [0, 0.05) is 11.3 Å². The lowest BCUT2D eigenvalue weighted by molar-refractivity contribution is 0.218. The van der Waals surface area contributed by atoms with E-state index in [-0.39, 0.29) is 0 Å². The molecular weight excluding hydrogens is 408 g/mol. The van der Waals surface area contributed by atoms with E-state index < -0.39 is 0 Å². The molecule has 0 bridgehead atoms. The summed E-state index contributed by atoms with van der Waals surface area (Å²) in [6.07, 6.45) is 5.87. The molecule has 0 saturated heterocycles. The number of aromatic nitrogens is 4. The van der Waals surface area contributed by atoms with Crippen molar-refractivity contribution in [2.24, 2.45) is 11.3 Å². The van der Waals surface area contributed by atoms with Crippen LogP contribution in [0, 0.1) is 11.3 Å². The fourth-order valence-electron chi connectivity index (χ4n) is 4.61. The second-order valence-corrected chi connectivity index (χ2v) is 10.5. The van der Waals surface area contributed by atoms with Crippen molar-refractivity contribution in [3.05, 3.63) is 46.4 Å². The molecule has 0 radical (unpaired) electrons. The number of hydrogen-bond acceptors (Lipinski definition) is 6. The molecule has 0 N–H and O–H groups in total. The molecule has 3 aromatic heterocycles. The van der Waals surface area contributed by atoms with Gasteiger partial charge in [-0.05, 0) is 53.9 Å². The van der Waals surface area contributed by atoms with Crippen molar-refractivity contribution in [2.45, 2.75) is 46.5 Å². The van der Waals surface area contributed by atoms with E-state index >= 15 is 0 Å². The van der Waals surface area contributed by atoms with Crippen LogP contribution in [-0.2, 0) is 19.3 Å². The third-order valence-electron chi connectivity index (χ3n) is 6.46. The fraction of sp³-hybridized carbons (Fsp3) is 0.458. The second kappa shape index (κ2) is 7.48. The fourth-order valence-corrected chi connectivity index (χ4v) is 5.87. The van der Waals surface area contributed by atoms with Gasteiger partial charge in [0.05, 0.1) is 19.6 Å². The number of hydrogen-bond donors (Lipinski definition) is 0. The molecule has 0 amide bonds. The van der Waals surface area contributed by atoms with Crippen molar-refractivity contribution in [3.63, 3.8) is 0 Å². The first-order valence-corrected chi connectivity index (χ1v) is 11.5. The van der Waals surface area contributed by atoms with Crippen LogP contribution in [0.15, 0.2) is 24.5 Å². The first kappa shape index (κ1) is 20.2. The van der Waals surface area contributed by atoms with E-state index in [2.05, 4.69) is 20.8 Å². The van der Waals surface area contributed by atoms with Crippen molar-refractivity contribution in [1.82, 2.24) is 19.6 Å². The summed E-state index contributed by atoms with van der Waals surface area (Å²) in [5.74, 6) is 2.93. The highest BCUT2D eigenvalue weighted by molar-refractivity contribution is 7.19. The predicted octanol–water partition coefficient (Wildman–Crippen LogP) is 5.10. The van der Waals surface area contributed by atoms with Gasteiger partial charge in [-0.15, -0.1) is 16.4 Å². The van der Waals surface area contributed by atoms with Crippen LogP contribution >= 0.6 is 11.3 Å². The highest BCUT2D eigenvalue weighted by Crippen LogP contribution is 2.43. The van der Waals surface area contributed by atoms with E-state index in [9.17, 15) is 0 Å². The number of fused-ring (bicyclic) bond motifs is 5. The Labute approximate surface area is 186 Å². The third-order valence-corrected chi connectivity index (χ3v) is 7.63. The summed E-state index contributed by atoms with van der Waals surface area (Å²) >= 11 is 1.83. The Morgan fingerprint density at radius 1 is 1.16 bits per heavy atom. The molecule has 4 aromatic rings. The number of methoxy groups -OCH3 is 2. The van der Waals surface area contributed by atoms with Gasteiger partial charge >= 0.3 is 0 Å². The molecule has 1 aliphatic carbocycles. The lowest BCUT2D eigenvalue weighted by Gasteiger charge is -2.33. The van der Waals surface area contributed by atoms with Crippen LogP contribution in [0.1, 0.15) is 49.0 Å². The van der Waals surface area contributed by atoms with Gasteiger partial charge in [-0.2, -0.15) is 0 Å². The van der Waals surface area contributed by atoms with Crippen LogP contribution in [0.5, 0.6) is 11.5 Å². The lowest BCUT2D eigenvalue weighted by atomic mass is 9.72. The maximum absolute atomic E-state index is 5.44. The smallest absolute Gasteiger partial charge is 0.167 e. The highest BCUT2D eigenvalue weighted by Gasteiger charge is 2.31. The van der Waals surface area contributed by atoms with Crippen LogP contribution in [0.3, 0.4) is 0 Å². The third kappa shape index (κ3) is 3.55. The summed E-state index contributed by atoms with van der Waals surface area (Å²) < 4.78 is 12.6. The van der Waals surface area contributed by atoms with Crippen LogP contribution in [-0.4, -0.2) is 33.8 Å². The largest absolute Gasteiger partial charge is 0.493 e. The quantitative estimate of drug-likeness (QED) is 0.445. The average Bonchev–Trinajstić information content (AvgIpc) is 3.32. The minimum absolute atomic E-state index is 0.331. The van der Waals surface area contributed by atoms with E-state index in [0.717, 1.165) is 40.5 Å². The maximum atomic E-state index is 5.44. The van der Waals surface area contributed by atoms with E-state index in [1.165, 1.54) is 22.2 Å². The van der Waals surface area contributed by atoms with Crippen LogP contribution < -0.4 is 9.47 Å². The van der Waals surface area contributed by atoms with E-state index in [1.807, 2.05) is 34.1 Å². The minimum atomic E-state index is 0.331. The van der Waals surface area contributed by atoms with Gasteiger partial charge in [0.1, 0.15) is 11.2 Å². The molecule has 162 valence electrons. The number of aryl methyl sites for hydroxylation is 1. The minimum Gasteiger partial charge on any atom is -0.493 e. The Bertz CT molecular complexity index is 1270. The Balaban J connectivity index is 1.52. The highest BCUT2D eigenvalue weighted by atomic mass is 32.1. The Kier molecular flexibility index (Phi) is 4.88. The van der Waals surface area contributed by atoms with Crippen molar-refractivity contribution in [2.75, 3.05) is 14.2 Å². The summed E-state index contributed by atoms with van der Waals surface area (Å²) in [6, 6.07) is 5.93. The lowest BCUT2D eigenvalue weighted by Crippen LogP contribution is -2.26. The molecule has 31 heavy (non-hydrogen) atoms. The van der Waals surface area contributed by atoms with Gasteiger partial charge in [0.15, 0.2) is 23.0 Å². The summed E-state index contributed by atoms with van der Waals surface area (Å²) in [7, 11) is 3.29. The monoisotopic (exact) mass is 436 g/mol. The molecule has 0 saturated carbocycles. The number of rotatable bonds is 4. The van der Waals surface area contributed by atoms with Gasteiger partial charge in [-0.25, -0.2) is 14.5 Å². The molecule has 1 aliphatic rings. The first-order chi connectivity index (χ1) is 14.9. The average molecular weight is 437 g/mol. The Hall–Kier alpha value is -2.67. The first-order valence-electron chi connectivity index (χ1n) is 10.7. The summed E-state index contributed by atoms with van der Waals surface area (Å²) in [5, 5.41) is 5.91. The second-order valence-electron chi connectivity index (χ2n) is 9.40. The SMILES string of the molecule is COc1ccc(Cc2nc3c4c5c(sc4ncn3n2)C[C@@H](C(C)(C)C)CC5)cc1OC. The van der Waals surface area contributed by atoms with Gasteiger partial charge in [-0.1, -0.05) is 26.8 Å². The molecule has 0 spiro atoms. The number of nitrogens with zero attached hydrogens (tertiary/aromatic N) is 4. The Morgan fingerprint density at radius 3 is 2.71 bits per heavy atom. The van der Waals surface area contributed by atoms with Gasteiger partial charge in [0.2, 0.25) is 0 Å². The van der Waals surface area contributed by atoms with E-state index in [0.29, 0.717) is 23.5 Å². The van der Waals surface area contributed by atoms with Gasteiger partial charge in [-0.3, -0.25) is 0 Å². The molecule has 5 rings (SSSR count). The summed E-state index contributed by atoms with van der Waals surface area (Å²) in [6.45, 7) is 7.06. The topological polar surface area (TPSA) is 61.5 Å². The number of ether oxygens (including phenoxy) is 2. The van der Waals surface area contributed by atoms with E-state index in [1.54, 1.807) is 20.5 Å². The van der Waals surface area contributed by atoms with Gasteiger partial charge < -0.3 is 9.47 Å². The van der Waals surface area contributed by atoms with Crippen LogP contribution in [0.25, 0.3) is 15.9 Å². The van der Waals surface area contributed by atoms with Gasteiger partial charge in [0.25, 0.3) is 0 Å². The maximum Gasteiger partial charge on any atom is 0.167 e. The molecule has 1 aromatic carbocycles. The summed E-state index contributed by atoms with van der Waals surface area (Å²) in [4.78, 5) is 12.2. The molecule has 0 aliphatic heterocycles. The van der Waals surface area contributed by atoms with Crippen LogP contribution in [0.4, 0.5) is 0 Å². The van der Waals surface area contributed by atoms with Crippen molar-refractivity contribution >= 4 is 27.2 Å². The number of benzene rings is 1. The molecule has 7 heteroatoms. The molecule has 1 atom stereocenters. The van der Waals surface area contributed by atoms with Crippen molar-refractivity contribution < 1.29 is 9.47 Å². The van der Waals surface area contributed by atoms with Crippen LogP contribution in [0.2, 0.25) is 0 Å². The Morgan fingerprint density at radius 2 is 1.97 bits per heavy atom. The predicted molar refractivity (Wildman–Crippen MR) is 123 cm³/mol. The normalized spacial score (nSPS) is 16.6. The molecular formula is C24H28N4O2S. The standard InChI is InChI=1S/C24H28N4O2S/c1-24(2,3)15-7-8-16-19(12-15)31-23-21(16)22-26-20(27-28(22)13-25-23)11-14-6-9-17(29-4)18(10-14)30-5/h6,9-10,13,15H,7-8,11-12H2,1-5H3/t15-/m0/s1. The molecule has 3 heterocycles. The number of thiophene rings is 1. The summed E-state index contributed by atoms with van der Waals surface area (Å²) in [5.41, 5.74) is 3.77.